The van der Waals surface area contributed by atoms with Crippen LogP contribution in [0.15, 0.2) is 12.7 Å². The Balaban J connectivity index is 2.75. The minimum Gasteiger partial charge on any atom is -0.349 e. The number of carbonyl (C=O) groups is 2. The zero-order valence-corrected chi connectivity index (χ0v) is 13.3. The molecular weight excluding hydrogens is 337 g/mol. The second kappa shape index (κ2) is 7.49. The topological polar surface area (TPSA) is 67.2 Å². The Kier molecular flexibility index (Phi) is 6.20. The van der Waals surface area contributed by atoms with Gasteiger partial charge in [0.15, 0.2) is 5.69 Å². The molecule has 0 saturated carbocycles. The smallest absolute Gasteiger partial charge is 0.349 e. The van der Waals surface area contributed by atoms with Gasteiger partial charge in [-0.2, -0.15) is 18.3 Å². The molecule has 0 radical (unpaired) electrons. The lowest BCUT2D eigenvalue weighted by Gasteiger charge is -2.18. The summed E-state index contributed by atoms with van der Waals surface area (Å²) in [6.45, 7) is 4.83. The minimum atomic E-state index is -4.67. The van der Waals surface area contributed by atoms with E-state index in [0.717, 1.165) is 10.8 Å². The molecule has 0 unspecified atom stereocenters. The first-order valence-corrected chi connectivity index (χ1v) is 6.96. The van der Waals surface area contributed by atoms with Crippen LogP contribution in [0.2, 0.25) is 5.02 Å². The number of hydrogen-bond acceptors (Lipinski definition) is 3. The molecule has 0 saturated heterocycles. The molecule has 1 rings (SSSR count). The van der Waals surface area contributed by atoms with Crippen LogP contribution in [0.1, 0.15) is 18.3 Å². The Morgan fingerprint density at radius 1 is 1.48 bits per heavy atom. The van der Waals surface area contributed by atoms with E-state index in [1.54, 1.807) is 6.92 Å². The highest BCUT2D eigenvalue weighted by atomic mass is 35.5. The number of halogens is 4. The maximum absolute atomic E-state index is 12.7. The predicted molar refractivity (Wildman–Crippen MR) is 77.5 cm³/mol. The fraction of sp³-hybridized carbons (Fsp3) is 0.462. The zero-order chi connectivity index (χ0) is 17.8. The van der Waals surface area contributed by atoms with E-state index in [0.29, 0.717) is 6.54 Å². The third kappa shape index (κ3) is 4.72. The molecule has 1 aromatic rings. The standard InChI is InChI=1S/C13H16ClF3N4O2/c1-4-10(23)21(5-2)7-9(22)18-6-8-11(14)12(13(15,16)17)19-20(8)3/h4H,1,5-7H2,2-3H3,(H,18,22). The van der Waals surface area contributed by atoms with Crippen molar-refractivity contribution in [1.82, 2.24) is 20.0 Å². The van der Waals surface area contributed by atoms with Crippen molar-refractivity contribution in [1.29, 1.82) is 0 Å². The third-order valence-corrected chi connectivity index (χ3v) is 3.42. The monoisotopic (exact) mass is 352 g/mol. The lowest BCUT2D eigenvalue weighted by molar-refractivity contribution is -0.141. The van der Waals surface area contributed by atoms with Crippen molar-refractivity contribution in [3.05, 3.63) is 29.1 Å². The van der Waals surface area contributed by atoms with Crippen molar-refractivity contribution < 1.29 is 22.8 Å². The Bertz CT molecular complexity index is 613. The number of likely N-dealkylation sites (N-methyl/N-ethyl adjacent to an activating group) is 1. The van der Waals surface area contributed by atoms with E-state index in [4.69, 9.17) is 11.6 Å². The van der Waals surface area contributed by atoms with Gasteiger partial charge in [-0.1, -0.05) is 18.2 Å². The fourth-order valence-corrected chi connectivity index (χ4v) is 2.13. The number of carbonyl (C=O) groups excluding carboxylic acids is 2. The molecule has 0 aromatic carbocycles. The summed E-state index contributed by atoms with van der Waals surface area (Å²) in [5.41, 5.74) is -1.19. The average molecular weight is 353 g/mol. The molecule has 0 fully saturated rings. The van der Waals surface area contributed by atoms with Gasteiger partial charge in [0.2, 0.25) is 11.8 Å². The number of aromatic nitrogens is 2. The molecule has 23 heavy (non-hydrogen) atoms. The summed E-state index contributed by atoms with van der Waals surface area (Å²) in [7, 11) is 1.29. The highest BCUT2D eigenvalue weighted by Gasteiger charge is 2.38. The number of nitrogens with zero attached hydrogens (tertiary/aromatic N) is 3. The molecule has 0 aliphatic heterocycles. The van der Waals surface area contributed by atoms with Crippen molar-refractivity contribution in [3.63, 3.8) is 0 Å². The Morgan fingerprint density at radius 2 is 2.09 bits per heavy atom. The van der Waals surface area contributed by atoms with E-state index in [1.165, 1.54) is 11.9 Å². The molecule has 1 N–H and O–H groups in total. The van der Waals surface area contributed by atoms with Gasteiger partial charge in [-0.3, -0.25) is 14.3 Å². The summed E-state index contributed by atoms with van der Waals surface area (Å²) in [5, 5.41) is 5.16. The number of aryl methyl sites for hydroxylation is 1. The van der Waals surface area contributed by atoms with E-state index in [-0.39, 0.29) is 18.8 Å². The lowest BCUT2D eigenvalue weighted by Crippen LogP contribution is -2.39. The first kappa shape index (κ1) is 19.0. The van der Waals surface area contributed by atoms with E-state index in [2.05, 4.69) is 17.0 Å². The minimum absolute atomic E-state index is 0.0189. The maximum atomic E-state index is 12.7. The summed E-state index contributed by atoms with van der Waals surface area (Å²) in [5.74, 6) is -0.951. The molecule has 10 heteroatoms. The molecule has 128 valence electrons. The predicted octanol–water partition coefficient (Wildman–Crippen LogP) is 1.74. The van der Waals surface area contributed by atoms with Crippen LogP contribution in [-0.4, -0.2) is 39.6 Å². The summed E-state index contributed by atoms with van der Waals surface area (Å²) >= 11 is 5.67. The number of rotatable bonds is 6. The van der Waals surface area contributed by atoms with Crippen molar-refractivity contribution in [2.75, 3.05) is 13.1 Å². The lowest BCUT2D eigenvalue weighted by atomic mass is 10.3. The van der Waals surface area contributed by atoms with E-state index < -0.39 is 28.7 Å². The molecule has 1 aromatic heterocycles. The van der Waals surface area contributed by atoms with E-state index in [1.807, 2.05) is 0 Å². The molecule has 0 aliphatic rings. The van der Waals surface area contributed by atoms with Crippen LogP contribution >= 0.6 is 11.6 Å². The van der Waals surface area contributed by atoms with Crippen molar-refractivity contribution >= 4 is 23.4 Å². The quantitative estimate of drug-likeness (QED) is 0.793. The van der Waals surface area contributed by atoms with Gasteiger partial charge in [-0.25, -0.2) is 0 Å². The van der Waals surface area contributed by atoms with Gasteiger partial charge in [0.25, 0.3) is 0 Å². The van der Waals surface area contributed by atoms with Gasteiger partial charge in [0, 0.05) is 13.6 Å². The second-order valence-electron chi connectivity index (χ2n) is 4.56. The molecule has 0 bridgehead atoms. The van der Waals surface area contributed by atoms with Crippen LogP contribution in [0.5, 0.6) is 0 Å². The molecule has 1 heterocycles. The van der Waals surface area contributed by atoms with Crippen molar-refractivity contribution in [2.45, 2.75) is 19.6 Å². The molecular formula is C13H16ClF3N4O2. The van der Waals surface area contributed by atoms with Crippen molar-refractivity contribution in [2.24, 2.45) is 7.05 Å². The van der Waals surface area contributed by atoms with Gasteiger partial charge < -0.3 is 10.2 Å². The van der Waals surface area contributed by atoms with Gasteiger partial charge in [-0.15, -0.1) is 0 Å². The Morgan fingerprint density at radius 3 is 2.52 bits per heavy atom. The van der Waals surface area contributed by atoms with E-state index in [9.17, 15) is 22.8 Å². The number of nitrogens with one attached hydrogen (secondary N) is 1. The van der Waals surface area contributed by atoms with Crippen molar-refractivity contribution in [3.8, 4) is 0 Å². The summed E-state index contributed by atoms with van der Waals surface area (Å²) in [6, 6.07) is 0. The molecule has 0 atom stereocenters. The molecule has 6 nitrogen and oxygen atoms in total. The molecule has 0 spiro atoms. The summed E-state index contributed by atoms with van der Waals surface area (Å²) < 4.78 is 39.0. The molecule has 0 aliphatic carbocycles. The van der Waals surface area contributed by atoms with E-state index >= 15 is 0 Å². The SMILES string of the molecule is C=CC(=O)N(CC)CC(=O)NCc1c(Cl)c(C(F)(F)F)nn1C. The highest BCUT2D eigenvalue weighted by molar-refractivity contribution is 6.32. The van der Waals surface area contributed by atoms with Gasteiger partial charge in [0.05, 0.1) is 23.8 Å². The normalized spacial score (nSPS) is 11.2. The largest absolute Gasteiger partial charge is 0.436 e. The van der Waals surface area contributed by atoms with Gasteiger partial charge in [0.1, 0.15) is 0 Å². The van der Waals surface area contributed by atoms with Crippen LogP contribution in [0.4, 0.5) is 13.2 Å². The highest BCUT2D eigenvalue weighted by Crippen LogP contribution is 2.35. The molecule has 2 amide bonds. The second-order valence-corrected chi connectivity index (χ2v) is 4.94. The number of amides is 2. The van der Waals surface area contributed by atoms with Crippen LogP contribution < -0.4 is 5.32 Å². The van der Waals surface area contributed by atoms with Crippen LogP contribution in [0.3, 0.4) is 0 Å². The first-order valence-electron chi connectivity index (χ1n) is 6.58. The van der Waals surface area contributed by atoms with Crippen LogP contribution in [0.25, 0.3) is 0 Å². The number of alkyl halides is 3. The maximum Gasteiger partial charge on any atom is 0.436 e. The summed E-state index contributed by atoms with van der Waals surface area (Å²) in [6.07, 6.45) is -3.60. The average Bonchev–Trinajstić information content (AvgIpc) is 2.76. The van der Waals surface area contributed by atoms with Gasteiger partial charge >= 0.3 is 6.18 Å². The Hall–Kier alpha value is -2.03. The van der Waals surface area contributed by atoms with Gasteiger partial charge in [-0.05, 0) is 13.0 Å². The summed E-state index contributed by atoms with van der Waals surface area (Å²) in [4.78, 5) is 24.5. The van der Waals surface area contributed by atoms with Crippen LogP contribution in [0, 0.1) is 0 Å². The zero-order valence-electron chi connectivity index (χ0n) is 12.6. The third-order valence-electron chi connectivity index (χ3n) is 3.03. The Labute approximate surface area is 135 Å². The number of hydrogen-bond donors (Lipinski definition) is 1. The van der Waals surface area contributed by atoms with Crippen LogP contribution in [-0.2, 0) is 29.4 Å². The first-order chi connectivity index (χ1) is 10.6. The fourth-order valence-electron chi connectivity index (χ4n) is 1.79.